The zero-order chi connectivity index (χ0) is 96.8. The first-order valence-corrected chi connectivity index (χ1v) is 43.5. The van der Waals surface area contributed by atoms with E-state index in [2.05, 4.69) is 361 Å². The van der Waals surface area contributed by atoms with E-state index in [1.54, 1.807) is 0 Å². The van der Waals surface area contributed by atoms with E-state index in [1.165, 1.54) is 0 Å². The number of benzene rings is 13. The Labute approximate surface area is 741 Å². The van der Waals surface area contributed by atoms with Crippen molar-refractivity contribution < 1.29 is 16.4 Å². The largest absolute Gasteiger partial charge is 0.311 e. The zero-order valence-electron chi connectivity index (χ0n) is 88.5. The minimum absolute atomic E-state index is 0.140. The number of aromatic nitrogens is 2. The summed E-state index contributed by atoms with van der Waals surface area (Å²) in [4.78, 5) is 4.87. The monoisotopic (exact) mass is 1600 g/mol. The SMILES string of the molecule is [2H]c1c([2H])c([2H])c2c(c1[2H])c1cc(C(C)(C)C)ccc1n2-c1ccc2c(c1)N(c1cc(-c3cccc(C(C)(C)C)c3)c(C([2H])([2H])C(C)(C)C)cc1-c1cccc(C(C)(C)C)c1)c1cc(C(C)(C)C)cc3c1B2c1ccc(-n2c4ccc(C(C)(C)C)cc4c4c([2H])c([2H])c([2H])c([2H])c42)cc1N3c1cc(-c2cccc(C(C)(C)C)c2)c(C([2H])([2H])C(C)(C)C)cc1-c1cccc(C(C)(C)C)c1. The topological polar surface area (TPSA) is 16.3 Å². The molecule has 614 valence electrons. The Kier molecular flexibility index (Phi) is 16.4. The summed E-state index contributed by atoms with van der Waals surface area (Å²) in [5.41, 5.74) is 20.7. The maximum Gasteiger partial charge on any atom is 0.252 e. The summed E-state index contributed by atoms with van der Waals surface area (Å²) in [6.07, 6.45) is -3.95. The van der Waals surface area contributed by atoms with Gasteiger partial charge in [0, 0.05) is 72.3 Å². The Morgan fingerprint density at radius 2 is 0.579 bits per heavy atom. The van der Waals surface area contributed by atoms with E-state index in [1.807, 2.05) is 50.7 Å². The average Bonchev–Trinajstić information content (AvgIpc) is 1.12. The molecule has 0 saturated carbocycles. The van der Waals surface area contributed by atoms with Crippen LogP contribution in [0.25, 0.3) is 99.5 Å². The summed E-state index contributed by atoms with van der Waals surface area (Å²) in [6, 6.07) is 71.8. The van der Waals surface area contributed by atoms with Gasteiger partial charge in [-0.15, -0.1) is 0 Å². The molecule has 17 rings (SSSR count). The molecule has 0 saturated heterocycles. The molecule has 0 unspecified atom stereocenters. The fraction of sp³-hybridized carbons (Fsp3) is 0.328. The molecule has 4 heterocycles. The van der Waals surface area contributed by atoms with Crippen LogP contribution in [0.4, 0.5) is 34.1 Å². The zero-order valence-corrected chi connectivity index (χ0v) is 76.5. The van der Waals surface area contributed by atoms with Gasteiger partial charge in [-0.2, -0.15) is 0 Å². The Bertz CT molecular complexity index is 6950. The van der Waals surface area contributed by atoms with Gasteiger partial charge in [0.1, 0.15) is 0 Å². The molecule has 2 aromatic heterocycles. The van der Waals surface area contributed by atoms with Gasteiger partial charge in [0.2, 0.25) is 0 Å². The van der Waals surface area contributed by atoms with E-state index in [9.17, 15) is 16.4 Å². The highest BCUT2D eigenvalue weighted by molar-refractivity contribution is 7.00. The maximum atomic E-state index is 10.8. The Balaban J connectivity index is 1.13. The number of nitrogens with zero attached hydrogens (tertiary/aromatic N) is 4. The van der Waals surface area contributed by atoms with Crippen molar-refractivity contribution in [1.82, 2.24) is 9.13 Å². The van der Waals surface area contributed by atoms with E-state index in [-0.39, 0.29) is 80.8 Å². The van der Waals surface area contributed by atoms with Crippen LogP contribution < -0.4 is 26.2 Å². The first-order chi connectivity index (χ1) is 61.5. The third-order valence-corrected chi connectivity index (χ3v) is 24.9. The summed E-state index contributed by atoms with van der Waals surface area (Å²) in [5.74, 6) is 0. The van der Waals surface area contributed by atoms with Crippen LogP contribution in [0, 0.1) is 10.8 Å². The second-order valence-corrected chi connectivity index (χ2v) is 43.8. The highest BCUT2D eigenvalue weighted by Crippen LogP contribution is 2.55. The standard InChI is InChI=1S/C116H127BN4/c1-108(2,3)70-76-60-91(74-38-34-42-80(58-74)112(13,14)15)101(68-89(76)72-36-32-40-78(56-72)110(7,8)9)120-103-66-85(118-97-46-30-28-44-87(97)93-62-82(114(19,20)21)48-54-99(93)118)50-52-95(103)117-96-53-51-86(119-98-47-31-29-45-88(98)94-63-83(115(22,23)24)49-55-100(94)119)67-104(96)121(106-65-84(116(25,26)27)64-105(120)107(106)117)102-69-90(73-37-33-41-79(57-73)111(10,11)12)77(71-109(4,5)6)61-92(102)75-39-35-43-81(59-75)113(16,17)18/h28-69H,70-71H2,1-27H3/i28D,29D,30D,31D,44D,45D,46D,47D,70D2,71D2. The Hall–Kier alpha value is -10.9. The summed E-state index contributed by atoms with van der Waals surface area (Å²) in [7, 11) is 0. The molecule has 5 heteroatoms. The predicted octanol–water partition coefficient (Wildman–Crippen LogP) is 30.9. The lowest BCUT2D eigenvalue weighted by atomic mass is 9.33. The Morgan fingerprint density at radius 1 is 0.264 bits per heavy atom. The Morgan fingerprint density at radius 3 is 0.901 bits per heavy atom. The third-order valence-electron chi connectivity index (χ3n) is 24.9. The van der Waals surface area contributed by atoms with Crippen molar-refractivity contribution in [2.75, 3.05) is 9.80 Å². The van der Waals surface area contributed by atoms with E-state index >= 15 is 0 Å². The van der Waals surface area contributed by atoms with Gasteiger partial charge in [0.05, 0.1) is 44.4 Å². The van der Waals surface area contributed by atoms with Crippen molar-refractivity contribution >= 4 is 101 Å². The number of fused-ring (bicyclic) bond motifs is 10. The fourth-order valence-electron chi connectivity index (χ4n) is 18.2. The lowest BCUT2D eigenvalue weighted by molar-refractivity contribution is 0.411. The highest BCUT2D eigenvalue weighted by Gasteiger charge is 2.46. The molecule has 2 aliphatic heterocycles. The van der Waals surface area contributed by atoms with E-state index in [0.29, 0.717) is 77.2 Å². The van der Waals surface area contributed by atoms with Gasteiger partial charge < -0.3 is 18.9 Å². The smallest absolute Gasteiger partial charge is 0.252 e. The molecule has 0 aliphatic carbocycles. The molecule has 0 radical (unpaired) electrons. The number of hydrogen-bond acceptors (Lipinski definition) is 2. The highest BCUT2D eigenvalue weighted by atomic mass is 15.2. The number of anilines is 6. The predicted molar refractivity (Wildman–Crippen MR) is 528 cm³/mol. The fourth-order valence-corrected chi connectivity index (χ4v) is 18.2. The molecule has 0 bridgehead atoms. The molecule has 4 nitrogen and oxygen atoms in total. The normalized spacial score (nSPS) is 15.4. The van der Waals surface area contributed by atoms with Crippen LogP contribution in [0.5, 0.6) is 0 Å². The molecule has 2 aliphatic rings. The van der Waals surface area contributed by atoms with Crippen LogP contribution in [0.2, 0.25) is 0 Å². The van der Waals surface area contributed by atoms with Gasteiger partial charge in [-0.3, -0.25) is 0 Å². The van der Waals surface area contributed by atoms with Crippen LogP contribution >= 0.6 is 0 Å². The van der Waals surface area contributed by atoms with Gasteiger partial charge in [0.15, 0.2) is 0 Å². The van der Waals surface area contributed by atoms with E-state index < -0.39 is 35.7 Å². The van der Waals surface area contributed by atoms with Gasteiger partial charge in [-0.05, 0) is 258 Å². The quantitative estimate of drug-likeness (QED) is 0.127. The molecule has 121 heavy (non-hydrogen) atoms. The lowest BCUT2D eigenvalue weighted by Crippen LogP contribution is -2.61. The molecule has 0 amide bonds. The summed E-state index contributed by atoms with van der Waals surface area (Å²) in [5, 5.41) is 2.17. The second kappa shape index (κ2) is 28.9. The lowest BCUT2D eigenvalue weighted by Gasteiger charge is -2.46. The number of hydrogen-bond donors (Lipinski definition) is 0. The van der Waals surface area contributed by atoms with Crippen LogP contribution in [-0.2, 0) is 50.7 Å². The average molecular weight is 1600 g/mol. The number of rotatable bonds is 10. The molecule has 0 spiro atoms. The van der Waals surface area contributed by atoms with E-state index in [4.69, 9.17) is 0 Å². The maximum absolute atomic E-state index is 10.8. The summed E-state index contributed by atoms with van der Waals surface area (Å²) in [6.45, 7) is 57.5. The van der Waals surface area contributed by atoms with Crippen molar-refractivity contribution in [2.45, 2.75) is 238 Å². The molecule has 0 atom stereocenters. The van der Waals surface area contributed by atoms with Gasteiger partial charge in [0.25, 0.3) is 6.71 Å². The minimum atomic E-state index is -1.97. The minimum Gasteiger partial charge on any atom is -0.311 e. The van der Waals surface area contributed by atoms with Crippen LogP contribution in [-0.4, -0.2) is 15.8 Å². The first kappa shape index (κ1) is 68.7. The van der Waals surface area contributed by atoms with Crippen LogP contribution in [0.3, 0.4) is 0 Å². The molecule has 15 aromatic rings. The number of para-hydroxylation sites is 2. The van der Waals surface area contributed by atoms with Crippen molar-refractivity contribution in [3.8, 4) is 55.9 Å². The molecular formula is C116H127BN4. The molecule has 0 N–H and O–H groups in total. The van der Waals surface area contributed by atoms with Gasteiger partial charge in [-0.1, -0.05) is 345 Å². The van der Waals surface area contributed by atoms with Crippen LogP contribution in [0.15, 0.2) is 255 Å². The van der Waals surface area contributed by atoms with E-state index in [0.717, 1.165) is 123 Å². The van der Waals surface area contributed by atoms with Crippen molar-refractivity contribution in [3.05, 3.63) is 305 Å². The van der Waals surface area contributed by atoms with Crippen LogP contribution in [0.1, 0.15) is 253 Å². The second-order valence-electron chi connectivity index (χ2n) is 43.8. The summed E-state index contributed by atoms with van der Waals surface area (Å²) >= 11 is 0. The van der Waals surface area contributed by atoms with Gasteiger partial charge >= 0.3 is 0 Å². The van der Waals surface area contributed by atoms with Crippen molar-refractivity contribution in [1.29, 1.82) is 0 Å². The first-order valence-electron chi connectivity index (χ1n) is 49.5. The molecule has 0 fully saturated rings. The van der Waals surface area contributed by atoms with Crippen molar-refractivity contribution in [3.63, 3.8) is 0 Å². The van der Waals surface area contributed by atoms with Gasteiger partial charge in [-0.25, -0.2) is 0 Å². The molecule has 13 aromatic carbocycles. The van der Waals surface area contributed by atoms with Crippen molar-refractivity contribution in [2.24, 2.45) is 10.8 Å². The molecular weight excluding hydrogens is 1460 g/mol. The summed E-state index contributed by atoms with van der Waals surface area (Å²) < 4.78 is 125. The third kappa shape index (κ3) is 15.2.